The van der Waals surface area contributed by atoms with Crippen LogP contribution in [0.3, 0.4) is 0 Å². The van der Waals surface area contributed by atoms with Crippen LogP contribution in [-0.2, 0) is 4.74 Å². The van der Waals surface area contributed by atoms with Gasteiger partial charge in [-0.3, -0.25) is 4.90 Å². The number of morpholine rings is 1. The summed E-state index contributed by atoms with van der Waals surface area (Å²) in [4.78, 5) is 2.64. The van der Waals surface area contributed by atoms with E-state index in [-0.39, 0.29) is 0 Å². The Bertz CT molecular complexity index is 209. The molecule has 0 amide bonds. The van der Waals surface area contributed by atoms with E-state index < -0.39 is 0 Å². The highest BCUT2D eigenvalue weighted by Crippen LogP contribution is 2.21. The fourth-order valence-corrected chi connectivity index (χ4v) is 3.62. The third-order valence-electron chi connectivity index (χ3n) is 3.52. The normalized spacial score (nSPS) is 34.9. The Morgan fingerprint density at radius 3 is 3.12 bits per heavy atom. The predicted molar refractivity (Wildman–Crippen MR) is 70.2 cm³/mol. The monoisotopic (exact) mass is 244 g/mol. The van der Waals surface area contributed by atoms with Crippen LogP contribution in [0.1, 0.15) is 20.3 Å². The molecule has 94 valence electrons. The SMILES string of the molecule is CC1CN(C(C)CC2COCCN2)CCS1. The molecule has 2 aliphatic rings. The van der Waals surface area contributed by atoms with Crippen LogP contribution in [0.2, 0.25) is 0 Å². The van der Waals surface area contributed by atoms with E-state index >= 15 is 0 Å². The first-order valence-corrected chi connectivity index (χ1v) is 7.47. The summed E-state index contributed by atoms with van der Waals surface area (Å²) >= 11 is 2.10. The minimum absolute atomic E-state index is 0.564. The van der Waals surface area contributed by atoms with Crippen molar-refractivity contribution in [1.82, 2.24) is 10.2 Å². The van der Waals surface area contributed by atoms with E-state index in [9.17, 15) is 0 Å². The molecule has 2 fully saturated rings. The number of hydrogen-bond acceptors (Lipinski definition) is 4. The van der Waals surface area contributed by atoms with Crippen LogP contribution in [0.4, 0.5) is 0 Å². The zero-order valence-corrected chi connectivity index (χ0v) is 11.3. The molecule has 2 saturated heterocycles. The summed E-state index contributed by atoms with van der Waals surface area (Å²) in [6, 6.07) is 1.25. The molecule has 2 heterocycles. The average Bonchev–Trinajstić information content (AvgIpc) is 2.30. The molecule has 0 aromatic rings. The fourth-order valence-electron chi connectivity index (χ4n) is 2.58. The van der Waals surface area contributed by atoms with Crippen LogP contribution < -0.4 is 5.32 Å². The highest BCUT2D eigenvalue weighted by molar-refractivity contribution is 7.99. The molecule has 0 aliphatic carbocycles. The van der Waals surface area contributed by atoms with Gasteiger partial charge in [-0.2, -0.15) is 11.8 Å². The molecule has 0 spiro atoms. The van der Waals surface area contributed by atoms with Gasteiger partial charge in [0.1, 0.15) is 0 Å². The smallest absolute Gasteiger partial charge is 0.0620 e. The first kappa shape index (κ1) is 12.7. The molecule has 3 atom stereocenters. The van der Waals surface area contributed by atoms with E-state index in [4.69, 9.17) is 4.74 Å². The van der Waals surface area contributed by atoms with Gasteiger partial charge in [0.05, 0.1) is 13.2 Å². The van der Waals surface area contributed by atoms with Gasteiger partial charge < -0.3 is 10.1 Å². The van der Waals surface area contributed by atoms with E-state index in [2.05, 4.69) is 35.8 Å². The number of thioether (sulfide) groups is 1. The van der Waals surface area contributed by atoms with Crippen molar-refractivity contribution in [2.45, 2.75) is 37.6 Å². The van der Waals surface area contributed by atoms with Gasteiger partial charge in [0.15, 0.2) is 0 Å². The van der Waals surface area contributed by atoms with Gasteiger partial charge >= 0.3 is 0 Å². The zero-order valence-electron chi connectivity index (χ0n) is 10.4. The largest absolute Gasteiger partial charge is 0.379 e. The first-order chi connectivity index (χ1) is 7.75. The lowest BCUT2D eigenvalue weighted by molar-refractivity contribution is 0.0623. The average molecular weight is 244 g/mol. The summed E-state index contributed by atoms with van der Waals surface area (Å²) in [5.74, 6) is 1.29. The molecular weight excluding hydrogens is 220 g/mol. The number of rotatable bonds is 3. The Morgan fingerprint density at radius 1 is 1.56 bits per heavy atom. The second-order valence-corrected chi connectivity index (χ2v) is 6.53. The second kappa shape index (κ2) is 6.24. The molecule has 0 saturated carbocycles. The first-order valence-electron chi connectivity index (χ1n) is 6.42. The molecule has 4 heteroatoms. The van der Waals surface area contributed by atoms with Crippen molar-refractivity contribution in [3.63, 3.8) is 0 Å². The minimum Gasteiger partial charge on any atom is -0.379 e. The van der Waals surface area contributed by atoms with Gasteiger partial charge in [-0.15, -0.1) is 0 Å². The molecule has 2 rings (SSSR count). The van der Waals surface area contributed by atoms with E-state index in [1.54, 1.807) is 0 Å². The highest BCUT2D eigenvalue weighted by atomic mass is 32.2. The van der Waals surface area contributed by atoms with E-state index in [0.717, 1.165) is 25.0 Å². The molecular formula is C12H24N2OS. The Balaban J connectivity index is 1.75. The van der Waals surface area contributed by atoms with Crippen molar-refractivity contribution in [1.29, 1.82) is 0 Å². The Hall–Kier alpha value is 0.230. The lowest BCUT2D eigenvalue weighted by Crippen LogP contribution is -2.48. The van der Waals surface area contributed by atoms with Crippen LogP contribution >= 0.6 is 11.8 Å². The molecule has 0 aromatic heterocycles. The van der Waals surface area contributed by atoms with Gasteiger partial charge in [0.2, 0.25) is 0 Å². The Labute approximate surface area is 103 Å². The van der Waals surface area contributed by atoms with Crippen LogP contribution in [0, 0.1) is 0 Å². The summed E-state index contributed by atoms with van der Waals surface area (Å²) in [7, 11) is 0. The van der Waals surface area contributed by atoms with Crippen LogP contribution in [0.5, 0.6) is 0 Å². The molecule has 2 aliphatic heterocycles. The molecule has 0 radical (unpaired) electrons. The molecule has 16 heavy (non-hydrogen) atoms. The van der Waals surface area contributed by atoms with Crippen LogP contribution in [-0.4, -0.2) is 60.8 Å². The maximum Gasteiger partial charge on any atom is 0.0620 e. The van der Waals surface area contributed by atoms with Crippen LogP contribution in [0.15, 0.2) is 0 Å². The number of nitrogens with zero attached hydrogens (tertiary/aromatic N) is 1. The van der Waals surface area contributed by atoms with Gasteiger partial charge in [-0.1, -0.05) is 6.92 Å². The van der Waals surface area contributed by atoms with Gasteiger partial charge in [-0.05, 0) is 13.3 Å². The number of nitrogens with one attached hydrogen (secondary N) is 1. The molecule has 3 nitrogen and oxygen atoms in total. The number of ether oxygens (including phenoxy) is 1. The van der Waals surface area contributed by atoms with Crippen molar-refractivity contribution in [2.75, 3.05) is 38.6 Å². The Morgan fingerprint density at radius 2 is 2.44 bits per heavy atom. The topological polar surface area (TPSA) is 24.5 Å². The van der Waals surface area contributed by atoms with Crippen molar-refractivity contribution in [2.24, 2.45) is 0 Å². The molecule has 3 unspecified atom stereocenters. The van der Waals surface area contributed by atoms with Gasteiger partial charge in [0, 0.05) is 42.7 Å². The zero-order chi connectivity index (χ0) is 11.4. The van der Waals surface area contributed by atoms with Gasteiger partial charge in [0.25, 0.3) is 0 Å². The highest BCUT2D eigenvalue weighted by Gasteiger charge is 2.24. The minimum atomic E-state index is 0.564. The van der Waals surface area contributed by atoms with Crippen molar-refractivity contribution in [3.8, 4) is 0 Å². The Kier molecular flexibility index (Phi) is 4.95. The summed E-state index contributed by atoms with van der Waals surface area (Å²) in [6.45, 7) is 9.99. The fraction of sp³-hybridized carbons (Fsp3) is 1.00. The second-order valence-electron chi connectivity index (χ2n) is 4.99. The van der Waals surface area contributed by atoms with Crippen molar-refractivity contribution in [3.05, 3.63) is 0 Å². The van der Waals surface area contributed by atoms with E-state index in [1.807, 2.05) is 0 Å². The van der Waals surface area contributed by atoms with Gasteiger partial charge in [-0.25, -0.2) is 0 Å². The van der Waals surface area contributed by atoms with Crippen molar-refractivity contribution < 1.29 is 4.74 Å². The molecule has 1 N–H and O–H groups in total. The van der Waals surface area contributed by atoms with E-state index in [1.165, 1.54) is 25.3 Å². The predicted octanol–water partition coefficient (Wildman–Crippen LogP) is 1.19. The van der Waals surface area contributed by atoms with Crippen LogP contribution in [0.25, 0.3) is 0 Å². The van der Waals surface area contributed by atoms with E-state index in [0.29, 0.717) is 12.1 Å². The quantitative estimate of drug-likeness (QED) is 0.806. The molecule has 0 aromatic carbocycles. The third-order valence-corrected chi connectivity index (χ3v) is 4.66. The lowest BCUT2D eigenvalue weighted by Gasteiger charge is -2.37. The lowest BCUT2D eigenvalue weighted by atomic mass is 10.1. The van der Waals surface area contributed by atoms with Crippen molar-refractivity contribution >= 4 is 11.8 Å². The summed E-state index contributed by atoms with van der Waals surface area (Å²) < 4.78 is 5.51. The standard InChI is InChI=1S/C12H24N2OS/c1-10(7-12-9-15-5-3-13-12)14-4-6-16-11(2)8-14/h10-13H,3-9H2,1-2H3. The third kappa shape index (κ3) is 3.62. The summed E-state index contributed by atoms with van der Waals surface area (Å²) in [5.41, 5.74) is 0. The maximum absolute atomic E-state index is 5.51. The summed E-state index contributed by atoms with van der Waals surface area (Å²) in [6.07, 6.45) is 1.22. The maximum atomic E-state index is 5.51. The molecule has 0 bridgehead atoms. The number of hydrogen-bond donors (Lipinski definition) is 1. The summed E-state index contributed by atoms with van der Waals surface area (Å²) in [5, 5.41) is 4.34.